The van der Waals surface area contributed by atoms with Crippen molar-refractivity contribution in [3.8, 4) is 11.1 Å². The van der Waals surface area contributed by atoms with Crippen molar-refractivity contribution in [3.63, 3.8) is 0 Å². The van der Waals surface area contributed by atoms with E-state index >= 15 is 0 Å². The lowest BCUT2D eigenvalue weighted by atomic mass is 9.71. The van der Waals surface area contributed by atoms with Crippen LogP contribution in [0.3, 0.4) is 0 Å². The first kappa shape index (κ1) is 27.9. The summed E-state index contributed by atoms with van der Waals surface area (Å²) in [6, 6.07) is 12.6. The van der Waals surface area contributed by atoms with Crippen molar-refractivity contribution in [1.82, 2.24) is 0 Å². The van der Waals surface area contributed by atoms with Gasteiger partial charge in [-0.15, -0.1) is 0 Å². The van der Waals surface area contributed by atoms with Crippen LogP contribution in [0.1, 0.15) is 77.3 Å². The minimum Gasteiger partial charge on any atom is -0.465 e. The maximum absolute atomic E-state index is 12.7. The Labute approximate surface area is 226 Å². The first-order valence-electron chi connectivity index (χ1n) is 12.6. The molecule has 0 saturated carbocycles. The highest BCUT2D eigenvalue weighted by Crippen LogP contribution is 2.54. The van der Waals surface area contributed by atoms with Gasteiger partial charge >= 0.3 is 11.9 Å². The second-order valence-electron chi connectivity index (χ2n) is 9.85. The minimum atomic E-state index is -0.472. The number of ether oxygens (including phenoxy) is 2. The van der Waals surface area contributed by atoms with E-state index in [1.165, 1.54) is 0 Å². The molecule has 0 spiro atoms. The molecular formula is C29H36Br2O4. The molecule has 3 rings (SSSR count). The maximum Gasteiger partial charge on any atom is 0.305 e. The van der Waals surface area contributed by atoms with E-state index < -0.39 is 5.41 Å². The fourth-order valence-electron chi connectivity index (χ4n) is 4.59. The van der Waals surface area contributed by atoms with E-state index in [1.54, 1.807) is 0 Å². The van der Waals surface area contributed by atoms with Crippen LogP contribution in [0.4, 0.5) is 0 Å². The van der Waals surface area contributed by atoms with Crippen LogP contribution in [-0.2, 0) is 24.5 Å². The summed E-state index contributed by atoms with van der Waals surface area (Å²) in [4.78, 5) is 25.5. The number of carbonyl (C=O) groups excluding carboxylic acids is 2. The molecule has 35 heavy (non-hydrogen) atoms. The molecule has 6 heteroatoms. The Bertz CT molecular complexity index is 1020. The van der Waals surface area contributed by atoms with Crippen molar-refractivity contribution in [2.45, 2.75) is 71.6 Å². The Morgan fingerprint density at radius 2 is 1.29 bits per heavy atom. The van der Waals surface area contributed by atoms with E-state index in [9.17, 15) is 9.59 Å². The first-order valence-corrected chi connectivity index (χ1v) is 14.2. The van der Waals surface area contributed by atoms with Gasteiger partial charge in [0.15, 0.2) is 0 Å². The van der Waals surface area contributed by atoms with Gasteiger partial charge in [-0.2, -0.15) is 0 Å². The highest BCUT2D eigenvalue weighted by Gasteiger charge is 2.43. The first-order chi connectivity index (χ1) is 16.7. The van der Waals surface area contributed by atoms with Gasteiger partial charge in [-0.3, -0.25) is 9.59 Å². The summed E-state index contributed by atoms with van der Waals surface area (Å²) in [5, 5.41) is 0. The van der Waals surface area contributed by atoms with Gasteiger partial charge in [0.1, 0.15) is 0 Å². The largest absolute Gasteiger partial charge is 0.465 e. The topological polar surface area (TPSA) is 52.6 Å². The Balaban J connectivity index is 1.92. The standard InChI is InChI=1S/C29H36Br2O4/c1-5-19(3)17-34-27(32)11-13-29(14-12-28(33)35-18-20(4)6-2)25-10-8-21(30)15-24(25)23-9-7-22(31)16-26(23)29/h7-10,15-16,19-20H,5-6,11-14,17-18H2,1-4H3. The molecule has 0 amide bonds. The lowest BCUT2D eigenvalue weighted by Gasteiger charge is -2.32. The zero-order chi connectivity index (χ0) is 25.6. The summed E-state index contributed by atoms with van der Waals surface area (Å²) in [5.74, 6) is 0.307. The molecule has 0 fully saturated rings. The molecule has 0 bridgehead atoms. The molecular weight excluding hydrogens is 572 g/mol. The van der Waals surface area contributed by atoms with Crippen LogP contribution in [0.15, 0.2) is 45.3 Å². The van der Waals surface area contributed by atoms with Gasteiger partial charge < -0.3 is 9.47 Å². The van der Waals surface area contributed by atoms with Crippen molar-refractivity contribution >= 4 is 43.8 Å². The Kier molecular flexibility index (Phi) is 10.00. The SMILES string of the molecule is CCC(C)COC(=O)CCC1(CCC(=O)OCC(C)CC)c2ccc(Br)cc2-c2ccc(Br)cc21. The molecule has 2 atom stereocenters. The molecule has 190 valence electrons. The predicted octanol–water partition coefficient (Wildman–Crippen LogP) is 8.22. The summed E-state index contributed by atoms with van der Waals surface area (Å²) >= 11 is 7.26. The van der Waals surface area contributed by atoms with Crippen molar-refractivity contribution in [1.29, 1.82) is 0 Å². The highest BCUT2D eigenvalue weighted by molar-refractivity contribution is 9.10. The second kappa shape index (κ2) is 12.5. The van der Waals surface area contributed by atoms with Gasteiger partial charge in [-0.1, -0.05) is 84.5 Å². The Hall–Kier alpha value is -1.66. The predicted molar refractivity (Wildman–Crippen MR) is 147 cm³/mol. The molecule has 4 nitrogen and oxygen atoms in total. The third kappa shape index (κ3) is 6.76. The maximum atomic E-state index is 12.7. The molecule has 1 aliphatic carbocycles. The number of fused-ring (bicyclic) bond motifs is 3. The van der Waals surface area contributed by atoms with Crippen LogP contribution in [0, 0.1) is 11.8 Å². The average molecular weight is 608 g/mol. The van der Waals surface area contributed by atoms with Crippen molar-refractivity contribution in [3.05, 3.63) is 56.5 Å². The van der Waals surface area contributed by atoms with E-state index in [0.717, 1.165) is 44.0 Å². The molecule has 2 unspecified atom stereocenters. The van der Waals surface area contributed by atoms with Gasteiger partial charge in [-0.05, 0) is 71.2 Å². The van der Waals surface area contributed by atoms with Crippen LogP contribution >= 0.6 is 31.9 Å². The van der Waals surface area contributed by atoms with Gasteiger partial charge in [0.2, 0.25) is 0 Å². The Morgan fingerprint density at radius 3 is 1.83 bits per heavy atom. The summed E-state index contributed by atoms with van der Waals surface area (Å²) in [7, 11) is 0. The molecule has 0 aromatic heterocycles. The minimum absolute atomic E-state index is 0.189. The third-order valence-corrected chi connectivity index (χ3v) is 8.23. The number of carbonyl (C=O) groups is 2. The zero-order valence-electron chi connectivity index (χ0n) is 21.2. The monoisotopic (exact) mass is 606 g/mol. The van der Waals surface area contributed by atoms with Gasteiger partial charge in [0, 0.05) is 27.2 Å². The van der Waals surface area contributed by atoms with Crippen LogP contribution in [0.5, 0.6) is 0 Å². The van der Waals surface area contributed by atoms with Gasteiger partial charge in [-0.25, -0.2) is 0 Å². The molecule has 0 aliphatic heterocycles. The van der Waals surface area contributed by atoms with Crippen molar-refractivity contribution < 1.29 is 19.1 Å². The van der Waals surface area contributed by atoms with Crippen molar-refractivity contribution in [2.75, 3.05) is 13.2 Å². The van der Waals surface area contributed by atoms with Gasteiger partial charge in [0.25, 0.3) is 0 Å². The van der Waals surface area contributed by atoms with E-state index in [0.29, 0.717) is 50.7 Å². The summed E-state index contributed by atoms with van der Waals surface area (Å²) in [6.45, 7) is 9.23. The number of esters is 2. The fraction of sp³-hybridized carbons (Fsp3) is 0.517. The van der Waals surface area contributed by atoms with Crippen LogP contribution < -0.4 is 0 Å². The van der Waals surface area contributed by atoms with Crippen LogP contribution in [-0.4, -0.2) is 25.2 Å². The molecule has 2 aromatic carbocycles. The van der Waals surface area contributed by atoms with E-state index in [4.69, 9.17) is 9.47 Å². The molecule has 0 radical (unpaired) electrons. The van der Waals surface area contributed by atoms with Crippen LogP contribution in [0.25, 0.3) is 11.1 Å². The quantitative estimate of drug-likeness (QED) is 0.228. The average Bonchev–Trinajstić information content (AvgIpc) is 3.11. The smallest absolute Gasteiger partial charge is 0.305 e. The van der Waals surface area contributed by atoms with E-state index in [-0.39, 0.29) is 11.9 Å². The molecule has 1 aliphatic rings. The summed E-state index contributed by atoms with van der Waals surface area (Å²) in [5.41, 5.74) is 4.11. The number of benzene rings is 2. The third-order valence-electron chi connectivity index (χ3n) is 7.25. The molecule has 0 N–H and O–H groups in total. The lowest BCUT2D eigenvalue weighted by Crippen LogP contribution is -2.28. The zero-order valence-corrected chi connectivity index (χ0v) is 24.3. The summed E-state index contributed by atoms with van der Waals surface area (Å²) < 4.78 is 13.1. The molecule has 0 heterocycles. The number of hydrogen-bond acceptors (Lipinski definition) is 4. The lowest BCUT2D eigenvalue weighted by molar-refractivity contribution is -0.145. The number of hydrogen-bond donors (Lipinski definition) is 0. The fourth-order valence-corrected chi connectivity index (χ4v) is 5.32. The Morgan fingerprint density at radius 1 is 0.771 bits per heavy atom. The number of halogens is 2. The highest BCUT2D eigenvalue weighted by atomic mass is 79.9. The van der Waals surface area contributed by atoms with E-state index in [1.807, 2.05) is 12.1 Å². The number of rotatable bonds is 12. The van der Waals surface area contributed by atoms with Crippen molar-refractivity contribution in [2.24, 2.45) is 11.8 Å². The van der Waals surface area contributed by atoms with Gasteiger partial charge in [0.05, 0.1) is 13.2 Å². The second-order valence-corrected chi connectivity index (χ2v) is 11.7. The molecule has 2 aromatic rings. The molecule has 0 saturated heterocycles. The van der Waals surface area contributed by atoms with E-state index in [2.05, 4.69) is 83.8 Å². The summed E-state index contributed by atoms with van der Waals surface area (Å²) in [6.07, 6.45) is 3.67. The normalized spacial score (nSPS) is 17.9. The van der Waals surface area contributed by atoms with Crippen LogP contribution in [0.2, 0.25) is 0 Å².